The maximum Gasteiger partial charge on any atom is 0.236 e. The van der Waals surface area contributed by atoms with E-state index >= 15 is 0 Å². The summed E-state index contributed by atoms with van der Waals surface area (Å²) >= 11 is 0. The fraction of sp³-hybridized carbons (Fsp3) is 0.923. The number of nitrogens with two attached hydrogens (primary N) is 1. The predicted octanol–water partition coefficient (Wildman–Crippen LogP) is 1.29. The number of hydrogen-bond donors (Lipinski definition) is 2. The van der Waals surface area contributed by atoms with Crippen LogP contribution < -0.4 is 11.1 Å². The Labute approximate surface area is 104 Å². The topological polar surface area (TPSA) is 64.4 Å². The molecule has 0 aromatic carbocycles. The fourth-order valence-corrected chi connectivity index (χ4v) is 3.38. The molecule has 0 aromatic rings. The highest BCUT2D eigenvalue weighted by Crippen LogP contribution is 2.52. The van der Waals surface area contributed by atoms with Crippen molar-refractivity contribution in [3.8, 4) is 0 Å². The number of amides is 1. The highest BCUT2D eigenvalue weighted by atomic mass is 16.5. The molecule has 17 heavy (non-hydrogen) atoms. The normalized spacial score (nSPS) is 32.7. The van der Waals surface area contributed by atoms with Gasteiger partial charge in [-0.25, -0.2) is 0 Å². The Morgan fingerprint density at radius 3 is 2.35 bits per heavy atom. The summed E-state index contributed by atoms with van der Waals surface area (Å²) < 4.78 is 5.59. The van der Waals surface area contributed by atoms with Crippen molar-refractivity contribution in [2.75, 3.05) is 7.11 Å². The smallest absolute Gasteiger partial charge is 0.236 e. The average molecular weight is 242 g/mol. The van der Waals surface area contributed by atoms with Crippen molar-refractivity contribution in [1.29, 1.82) is 0 Å². The largest absolute Gasteiger partial charge is 0.380 e. The third-order valence-electron chi connectivity index (χ3n) is 4.47. The molecule has 0 aromatic heterocycles. The second kappa shape index (κ2) is 5.36. The van der Waals surface area contributed by atoms with Gasteiger partial charge >= 0.3 is 0 Å². The van der Waals surface area contributed by atoms with Gasteiger partial charge in [-0.05, 0) is 19.8 Å². The van der Waals surface area contributed by atoms with Gasteiger partial charge in [0.05, 0.1) is 12.1 Å². The highest BCUT2D eigenvalue weighted by molar-refractivity contribution is 5.81. The highest BCUT2D eigenvalue weighted by Gasteiger charge is 2.58. The predicted molar refractivity (Wildman–Crippen MR) is 68.6 cm³/mol. The van der Waals surface area contributed by atoms with Crippen LogP contribution in [0, 0.1) is 11.3 Å². The van der Waals surface area contributed by atoms with E-state index in [1.807, 2.05) is 0 Å². The van der Waals surface area contributed by atoms with Gasteiger partial charge in [-0.1, -0.05) is 20.8 Å². The zero-order valence-corrected chi connectivity index (χ0v) is 11.6. The molecular formula is C13H26N2O2. The van der Waals surface area contributed by atoms with Crippen LogP contribution in [0.3, 0.4) is 0 Å². The second-order valence-electron chi connectivity index (χ2n) is 5.23. The van der Waals surface area contributed by atoms with Crippen LogP contribution in [0.2, 0.25) is 0 Å². The SMILES string of the molecule is CCC1(CC)C(NC(=O)C(C)N)C(C)C1OC. The van der Waals surface area contributed by atoms with Crippen molar-refractivity contribution in [2.45, 2.75) is 58.7 Å². The van der Waals surface area contributed by atoms with E-state index in [-0.39, 0.29) is 23.5 Å². The maximum absolute atomic E-state index is 11.7. The van der Waals surface area contributed by atoms with Crippen molar-refractivity contribution in [3.63, 3.8) is 0 Å². The minimum Gasteiger partial charge on any atom is -0.380 e. The summed E-state index contributed by atoms with van der Waals surface area (Å²) in [6.07, 6.45) is 2.25. The lowest BCUT2D eigenvalue weighted by Gasteiger charge is -2.59. The summed E-state index contributed by atoms with van der Waals surface area (Å²) in [4.78, 5) is 11.7. The first-order chi connectivity index (χ1) is 7.94. The van der Waals surface area contributed by atoms with Gasteiger partial charge in [-0.3, -0.25) is 4.79 Å². The van der Waals surface area contributed by atoms with Gasteiger partial charge in [0, 0.05) is 24.5 Å². The Morgan fingerprint density at radius 1 is 1.47 bits per heavy atom. The van der Waals surface area contributed by atoms with Crippen LogP contribution in [0.1, 0.15) is 40.5 Å². The molecule has 1 aliphatic rings. The van der Waals surface area contributed by atoms with Crippen molar-refractivity contribution in [2.24, 2.45) is 17.1 Å². The number of nitrogens with one attached hydrogen (secondary N) is 1. The molecule has 4 heteroatoms. The van der Waals surface area contributed by atoms with E-state index in [4.69, 9.17) is 10.5 Å². The number of rotatable bonds is 5. The average Bonchev–Trinajstić information content (AvgIpc) is 2.31. The molecule has 0 bridgehead atoms. The Hall–Kier alpha value is -0.610. The molecule has 1 fully saturated rings. The Bertz CT molecular complexity index is 275. The number of methoxy groups -OCH3 is 1. The van der Waals surface area contributed by atoms with Crippen LogP contribution in [-0.4, -0.2) is 31.2 Å². The van der Waals surface area contributed by atoms with E-state index in [0.29, 0.717) is 5.92 Å². The zero-order valence-electron chi connectivity index (χ0n) is 11.6. The summed E-state index contributed by atoms with van der Waals surface area (Å²) in [5.41, 5.74) is 5.67. The Morgan fingerprint density at radius 2 is 2.00 bits per heavy atom. The molecule has 1 saturated carbocycles. The second-order valence-corrected chi connectivity index (χ2v) is 5.23. The summed E-state index contributed by atoms with van der Waals surface area (Å²) in [6.45, 7) is 8.16. The lowest BCUT2D eigenvalue weighted by atomic mass is 9.53. The summed E-state index contributed by atoms with van der Waals surface area (Å²) in [5, 5.41) is 3.08. The first-order valence-corrected chi connectivity index (χ1v) is 6.53. The summed E-state index contributed by atoms with van der Waals surface area (Å²) in [7, 11) is 1.75. The summed E-state index contributed by atoms with van der Waals surface area (Å²) in [5.74, 6) is 0.283. The molecule has 0 aliphatic heterocycles. The van der Waals surface area contributed by atoms with Gasteiger partial charge < -0.3 is 15.8 Å². The molecule has 0 spiro atoms. The van der Waals surface area contributed by atoms with E-state index in [1.54, 1.807) is 14.0 Å². The van der Waals surface area contributed by atoms with E-state index in [1.165, 1.54) is 0 Å². The molecular weight excluding hydrogens is 216 g/mol. The molecule has 1 rings (SSSR count). The van der Waals surface area contributed by atoms with Crippen LogP contribution in [-0.2, 0) is 9.53 Å². The van der Waals surface area contributed by atoms with Gasteiger partial charge in [-0.15, -0.1) is 0 Å². The van der Waals surface area contributed by atoms with E-state index in [2.05, 4.69) is 26.1 Å². The standard InChI is InChI=1S/C13H26N2O2/c1-6-13(7-2)10(8(3)11(13)17-5)15-12(16)9(4)14/h8-11H,6-7,14H2,1-5H3,(H,15,16). The minimum atomic E-state index is -0.449. The monoisotopic (exact) mass is 242 g/mol. The van der Waals surface area contributed by atoms with Crippen LogP contribution in [0.5, 0.6) is 0 Å². The molecule has 3 N–H and O–H groups in total. The Balaban J connectivity index is 2.80. The number of ether oxygens (including phenoxy) is 1. The maximum atomic E-state index is 11.7. The quantitative estimate of drug-likeness (QED) is 0.763. The Kier molecular flexibility index (Phi) is 4.55. The van der Waals surface area contributed by atoms with Crippen LogP contribution >= 0.6 is 0 Å². The third kappa shape index (κ3) is 2.20. The van der Waals surface area contributed by atoms with Crippen LogP contribution in [0.25, 0.3) is 0 Å². The number of carbonyl (C=O) groups is 1. The van der Waals surface area contributed by atoms with E-state index < -0.39 is 6.04 Å². The lowest BCUT2D eigenvalue weighted by molar-refractivity contribution is -0.172. The van der Waals surface area contributed by atoms with E-state index in [9.17, 15) is 4.79 Å². The first kappa shape index (κ1) is 14.5. The lowest BCUT2D eigenvalue weighted by Crippen LogP contribution is -2.70. The fourth-order valence-electron chi connectivity index (χ4n) is 3.38. The van der Waals surface area contributed by atoms with Gasteiger partial charge in [-0.2, -0.15) is 0 Å². The number of carbonyl (C=O) groups excluding carboxylic acids is 1. The molecule has 1 amide bonds. The van der Waals surface area contributed by atoms with Gasteiger partial charge in [0.2, 0.25) is 5.91 Å². The molecule has 4 unspecified atom stereocenters. The molecule has 1 aliphatic carbocycles. The van der Waals surface area contributed by atoms with Gasteiger partial charge in [0.25, 0.3) is 0 Å². The van der Waals surface area contributed by atoms with Gasteiger partial charge in [0.15, 0.2) is 0 Å². The minimum absolute atomic E-state index is 0.0670. The molecule has 4 atom stereocenters. The molecule has 0 heterocycles. The molecule has 0 saturated heterocycles. The van der Waals surface area contributed by atoms with Crippen molar-refractivity contribution in [1.82, 2.24) is 5.32 Å². The van der Waals surface area contributed by atoms with E-state index in [0.717, 1.165) is 12.8 Å². The number of hydrogen-bond acceptors (Lipinski definition) is 3. The molecule has 100 valence electrons. The zero-order chi connectivity index (χ0) is 13.2. The van der Waals surface area contributed by atoms with Crippen molar-refractivity contribution < 1.29 is 9.53 Å². The van der Waals surface area contributed by atoms with Crippen LogP contribution in [0.15, 0.2) is 0 Å². The van der Waals surface area contributed by atoms with Gasteiger partial charge in [0.1, 0.15) is 0 Å². The summed E-state index contributed by atoms with van der Waals surface area (Å²) in [6, 6.07) is -0.267. The van der Waals surface area contributed by atoms with Crippen LogP contribution in [0.4, 0.5) is 0 Å². The van der Waals surface area contributed by atoms with Crippen molar-refractivity contribution >= 4 is 5.91 Å². The van der Waals surface area contributed by atoms with Crippen molar-refractivity contribution in [3.05, 3.63) is 0 Å². The molecule has 4 nitrogen and oxygen atoms in total. The third-order valence-corrected chi connectivity index (χ3v) is 4.47. The molecule has 0 radical (unpaired) electrons. The first-order valence-electron chi connectivity index (χ1n) is 6.53.